The highest BCUT2D eigenvalue weighted by Crippen LogP contribution is 2.14. The molecule has 1 amide bonds. The molecule has 0 aliphatic heterocycles. The molecule has 0 fully saturated rings. The number of nitrogen functional groups attached to an aromatic ring is 1. The predicted octanol–water partition coefficient (Wildman–Crippen LogP) is 3.26. The first-order valence-electron chi connectivity index (χ1n) is 6.09. The highest BCUT2D eigenvalue weighted by molar-refractivity contribution is 5.88. The quantitative estimate of drug-likeness (QED) is 0.758. The van der Waals surface area contributed by atoms with Crippen LogP contribution >= 0.6 is 12.4 Å². The Labute approximate surface area is 124 Å². The average Bonchev–Trinajstić information content (AvgIpc) is 2.39. The lowest BCUT2D eigenvalue weighted by molar-refractivity contribution is -0.114. The average molecular weight is 292 g/mol. The second-order valence-electron chi connectivity index (χ2n) is 4.35. The highest BCUT2D eigenvalue weighted by atomic mass is 35.5. The first kappa shape index (κ1) is 15.9. The van der Waals surface area contributed by atoms with Gasteiger partial charge in [-0.05, 0) is 42.0 Å². The van der Waals surface area contributed by atoms with Crippen molar-refractivity contribution >= 4 is 35.4 Å². The van der Waals surface area contributed by atoms with E-state index in [-0.39, 0.29) is 18.3 Å². The number of hydrogen-bond acceptors (Lipinski definition) is 3. The minimum atomic E-state index is -0.0623. The van der Waals surface area contributed by atoms with Crippen molar-refractivity contribution in [2.75, 3.05) is 16.4 Å². The second kappa shape index (κ2) is 7.40. The van der Waals surface area contributed by atoms with Crippen LogP contribution in [0.15, 0.2) is 48.5 Å². The Kier molecular flexibility index (Phi) is 5.87. The van der Waals surface area contributed by atoms with E-state index in [0.29, 0.717) is 0 Å². The van der Waals surface area contributed by atoms with Crippen LogP contribution in [0.3, 0.4) is 0 Å². The van der Waals surface area contributed by atoms with Gasteiger partial charge in [0.1, 0.15) is 0 Å². The van der Waals surface area contributed by atoms with Crippen molar-refractivity contribution in [3.8, 4) is 0 Å². The molecule has 0 atom stereocenters. The van der Waals surface area contributed by atoms with Crippen molar-refractivity contribution in [1.29, 1.82) is 0 Å². The summed E-state index contributed by atoms with van der Waals surface area (Å²) in [7, 11) is 0. The molecule has 2 aromatic rings. The van der Waals surface area contributed by atoms with Crippen molar-refractivity contribution in [1.82, 2.24) is 0 Å². The topological polar surface area (TPSA) is 67.2 Å². The molecule has 0 bridgehead atoms. The molecule has 5 heteroatoms. The normalized spacial score (nSPS) is 9.45. The van der Waals surface area contributed by atoms with E-state index in [4.69, 9.17) is 5.73 Å². The summed E-state index contributed by atoms with van der Waals surface area (Å²) < 4.78 is 0. The molecule has 2 rings (SSSR count). The molecular formula is C15H18ClN3O. The molecule has 0 aromatic heterocycles. The lowest BCUT2D eigenvalue weighted by atomic mass is 10.2. The maximum Gasteiger partial charge on any atom is 0.221 e. The molecule has 0 aliphatic carbocycles. The summed E-state index contributed by atoms with van der Waals surface area (Å²) in [5, 5.41) is 6.04. The number of halogens is 1. The van der Waals surface area contributed by atoms with Gasteiger partial charge in [-0.25, -0.2) is 0 Å². The molecule has 0 unspecified atom stereocenters. The van der Waals surface area contributed by atoms with Crippen LogP contribution in [0.1, 0.15) is 12.5 Å². The number of hydrogen-bond donors (Lipinski definition) is 3. The SMILES string of the molecule is CC(=O)Nc1ccc(CNc2ccc(N)cc2)cc1.Cl. The summed E-state index contributed by atoms with van der Waals surface area (Å²) in [6, 6.07) is 15.4. The fourth-order valence-corrected chi connectivity index (χ4v) is 1.71. The number of benzene rings is 2. The Bertz CT molecular complexity index is 552. The van der Waals surface area contributed by atoms with Crippen molar-refractivity contribution in [3.05, 3.63) is 54.1 Å². The molecule has 20 heavy (non-hydrogen) atoms. The van der Waals surface area contributed by atoms with Crippen LogP contribution in [-0.4, -0.2) is 5.91 Å². The monoisotopic (exact) mass is 291 g/mol. The maximum absolute atomic E-state index is 10.9. The summed E-state index contributed by atoms with van der Waals surface area (Å²) in [6.07, 6.45) is 0. The third-order valence-electron chi connectivity index (χ3n) is 2.68. The molecule has 106 valence electrons. The Hall–Kier alpha value is -2.20. The van der Waals surface area contributed by atoms with Crippen molar-refractivity contribution in [3.63, 3.8) is 0 Å². The van der Waals surface area contributed by atoms with Crippen LogP contribution in [0.4, 0.5) is 17.1 Å². The van der Waals surface area contributed by atoms with E-state index in [1.54, 1.807) is 0 Å². The van der Waals surface area contributed by atoms with Gasteiger partial charge in [0.2, 0.25) is 5.91 Å². The third kappa shape index (κ3) is 4.82. The second-order valence-corrected chi connectivity index (χ2v) is 4.35. The van der Waals surface area contributed by atoms with Gasteiger partial charge in [-0.15, -0.1) is 12.4 Å². The molecule has 0 spiro atoms. The lowest BCUT2D eigenvalue weighted by Crippen LogP contribution is -2.06. The predicted molar refractivity (Wildman–Crippen MR) is 86.2 cm³/mol. The Morgan fingerprint density at radius 1 is 1.00 bits per heavy atom. The summed E-state index contributed by atoms with van der Waals surface area (Å²) in [6.45, 7) is 2.22. The van der Waals surface area contributed by atoms with Crippen LogP contribution in [0.2, 0.25) is 0 Å². The maximum atomic E-state index is 10.9. The molecule has 4 nitrogen and oxygen atoms in total. The number of nitrogens with two attached hydrogens (primary N) is 1. The fourth-order valence-electron chi connectivity index (χ4n) is 1.71. The van der Waals surface area contributed by atoms with Gasteiger partial charge in [0.05, 0.1) is 0 Å². The third-order valence-corrected chi connectivity index (χ3v) is 2.68. The molecule has 0 saturated carbocycles. The summed E-state index contributed by atoms with van der Waals surface area (Å²) >= 11 is 0. The van der Waals surface area contributed by atoms with Crippen LogP contribution in [0.25, 0.3) is 0 Å². The molecule has 0 heterocycles. The van der Waals surface area contributed by atoms with E-state index in [2.05, 4.69) is 10.6 Å². The number of carbonyl (C=O) groups excluding carboxylic acids is 1. The van der Waals surface area contributed by atoms with Crippen molar-refractivity contribution < 1.29 is 4.79 Å². The molecule has 2 aromatic carbocycles. The molecule has 4 N–H and O–H groups in total. The summed E-state index contributed by atoms with van der Waals surface area (Å²) in [4.78, 5) is 10.9. The van der Waals surface area contributed by atoms with Gasteiger partial charge >= 0.3 is 0 Å². The van der Waals surface area contributed by atoms with Gasteiger partial charge in [-0.3, -0.25) is 4.79 Å². The Morgan fingerprint density at radius 3 is 2.10 bits per heavy atom. The fraction of sp³-hybridized carbons (Fsp3) is 0.133. The van der Waals surface area contributed by atoms with E-state index in [0.717, 1.165) is 29.2 Å². The Morgan fingerprint density at radius 2 is 1.55 bits per heavy atom. The van der Waals surface area contributed by atoms with E-state index in [1.807, 2.05) is 48.5 Å². The number of carbonyl (C=O) groups is 1. The van der Waals surface area contributed by atoms with Gasteiger partial charge in [-0.1, -0.05) is 12.1 Å². The minimum absolute atomic E-state index is 0. The first-order chi connectivity index (χ1) is 9.13. The Balaban J connectivity index is 0.00000200. The molecular weight excluding hydrogens is 274 g/mol. The van der Waals surface area contributed by atoms with Crippen molar-refractivity contribution in [2.45, 2.75) is 13.5 Å². The standard InChI is InChI=1S/C15H17N3O.ClH/c1-11(19)18-15-6-2-12(3-7-15)10-17-14-8-4-13(16)5-9-14;/h2-9,17H,10,16H2,1H3,(H,18,19);1H. The molecule has 0 aliphatic rings. The zero-order chi connectivity index (χ0) is 13.7. The zero-order valence-corrected chi connectivity index (χ0v) is 12.0. The van der Waals surface area contributed by atoms with Gasteiger partial charge in [-0.2, -0.15) is 0 Å². The first-order valence-corrected chi connectivity index (χ1v) is 6.09. The number of rotatable bonds is 4. The summed E-state index contributed by atoms with van der Waals surface area (Å²) in [5.74, 6) is -0.0623. The van der Waals surface area contributed by atoms with E-state index >= 15 is 0 Å². The van der Waals surface area contributed by atoms with Gasteiger partial charge in [0.15, 0.2) is 0 Å². The van der Waals surface area contributed by atoms with Crippen molar-refractivity contribution in [2.24, 2.45) is 0 Å². The lowest BCUT2D eigenvalue weighted by Gasteiger charge is -2.08. The van der Waals surface area contributed by atoms with E-state index in [9.17, 15) is 4.79 Å². The molecule has 0 saturated heterocycles. The largest absolute Gasteiger partial charge is 0.399 e. The van der Waals surface area contributed by atoms with Gasteiger partial charge in [0, 0.05) is 30.5 Å². The van der Waals surface area contributed by atoms with Crippen LogP contribution in [0, 0.1) is 0 Å². The van der Waals surface area contributed by atoms with Crippen LogP contribution in [0.5, 0.6) is 0 Å². The number of nitrogens with one attached hydrogen (secondary N) is 2. The van der Waals surface area contributed by atoms with Crippen LogP contribution < -0.4 is 16.4 Å². The number of amides is 1. The van der Waals surface area contributed by atoms with E-state index < -0.39 is 0 Å². The zero-order valence-electron chi connectivity index (χ0n) is 11.2. The smallest absolute Gasteiger partial charge is 0.221 e. The highest BCUT2D eigenvalue weighted by Gasteiger charge is 1.97. The van der Waals surface area contributed by atoms with E-state index in [1.165, 1.54) is 6.92 Å². The number of anilines is 3. The van der Waals surface area contributed by atoms with Gasteiger partial charge in [0.25, 0.3) is 0 Å². The molecule has 0 radical (unpaired) electrons. The minimum Gasteiger partial charge on any atom is -0.399 e. The van der Waals surface area contributed by atoms with Gasteiger partial charge < -0.3 is 16.4 Å². The summed E-state index contributed by atoms with van der Waals surface area (Å²) in [5.41, 5.74) is 9.36. The van der Waals surface area contributed by atoms with Crippen LogP contribution in [-0.2, 0) is 11.3 Å².